The van der Waals surface area contributed by atoms with Gasteiger partial charge in [0.05, 0.1) is 6.61 Å². The molecule has 0 amide bonds. The van der Waals surface area contributed by atoms with Crippen LogP contribution in [0.25, 0.3) is 0 Å². The summed E-state index contributed by atoms with van der Waals surface area (Å²) in [5.41, 5.74) is 2.49. The molecular formula is C18H24O3. The molecule has 3 rings (SSSR count). The maximum Gasteiger partial charge on any atom is 0.231 e. The SMILES string of the molecule is C=C(C)C1CCC(COCc2ccc3c(c2)OCO3)CC1. The number of hydrogen-bond acceptors (Lipinski definition) is 3. The molecule has 1 fully saturated rings. The van der Waals surface area contributed by atoms with Crippen molar-refractivity contribution in [1.82, 2.24) is 0 Å². The van der Waals surface area contributed by atoms with Crippen molar-refractivity contribution in [3.63, 3.8) is 0 Å². The van der Waals surface area contributed by atoms with Gasteiger partial charge in [0.2, 0.25) is 6.79 Å². The molecule has 1 aromatic carbocycles. The number of rotatable bonds is 5. The zero-order chi connectivity index (χ0) is 14.7. The Bertz CT molecular complexity index is 501. The monoisotopic (exact) mass is 288 g/mol. The summed E-state index contributed by atoms with van der Waals surface area (Å²) in [6, 6.07) is 6.02. The molecule has 0 spiro atoms. The first-order chi connectivity index (χ1) is 10.2. The highest BCUT2D eigenvalue weighted by Gasteiger charge is 2.21. The average Bonchev–Trinajstić information content (AvgIpc) is 2.95. The van der Waals surface area contributed by atoms with Gasteiger partial charge in [0, 0.05) is 6.61 Å². The minimum Gasteiger partial charge on any atom is -0.454 e. The Labute approximate surface area is 126 Å². The van der Waals surface area contributed by atoms with Gasteiger partial charge in [-0.1, -0.05) is 18.2 Å². The van der Waals surface area contributed by atoms with Crippen LogP contribution in [0.4, 0.5) is 0 Å². The lowest BCUT2D eigenvalue weighted by Gasteiger charge is -2.28. The molecule has 0 aromatic heterocycles. The van der Waals surface area contributed by atoms with Crippen LogP contribution < -0.4 is 9.47 Å². The molecule has 0 unspecified atom stereocenters. The van der Waals surface area contributed by atoms with Crippen molar-refractivity contribution in [1.29, 1.82) is 0 Å². The molecule has 21 heavy (non-hydrogen) atoms. The lowest BCUT2D eigenvalue weighted by atomic mass is 9.79. The molecular weight excluding hydrogens is 264 g/mol. The summed E-state index contributed by atoms with van der Waals surface area (Å²) in [4.78, 5) is 0. The molecule has 1 aliphatic carbocycles. The van der Waals surface area contributed by atoms with Crippen LogP contribution in [0.5, 0.6) is 11.5 Å². The summed E-state index contributed by atoms with van der Waals surface area (Å²) in [5, 5.41) is 0. The highest BCUT2D eigenvalue weighted by atomic mass is 16.7. The van der Waals surface area contributed by atoms with Crippen LogP contribution in [-0.4, -0.2) is 13.4 Å². The van der Waals surface area contributed by atoms with Crippen LogP contribution in [-0.2, 0) is 11.3 Å². The van der Waals surface area contributed by atoms with Gasteiger partial charge >= 0.3 is 0 Å². The maximum absolute atomic E-state index is 5.90. The van der Waals surface area contributed by atoms with E-state index in [1.807, 2.05) is 18.2 Å². The molecule has 0 atom stereocenters. The Hall–Kier alpha value is -1.48. The molecule has 0 N–H and O–H groups in total. The van der Waals surface area contributed by atoms with E-state index < -0.39 is 0 Å². The molecule has 3 heteroatoms. The summed E-state index contributed by atoms with van der Waals surface area (Å²) < 4.78 is 16.6. The predicted octanol–water partition coefficient (Wildman–Crippen LogP) is 4.31. The molecule has 1 aliphatic heterocycles. The fraction of sp³-hybridized carbons (Fsp3) is 0.556. The van der Waals surface area contributed by atoms with E-state index in [4.69, 9.17) is 14.2 Å². The van der Waals surface area contributed by atoms with E-state index in [0.717, 1.165) is 29.6 Å². The fourth-order valence-corrected chi connectivity index (χ4v) is 3.20. The molecule has 0 radical (unpaired) electrons. The average molecular weight is 288 g/mol. The Morgan fingerprint density at radius 3 is 2.71 bits per heavy atom. The third-order valence-corrected chi connectivity index (χ3v) is 4.60. The van der Waals surface area contributed by atoms with E-state index in [-0.39, 0.29) is 0 Å². The number of hydrogen-bond donors (Lipinski definition) is 0. The zero-order valence-corrected chi connectivity index (χ0v) is 12.8. The summed E-state index contributed by atoms with van der Waals surface area (Å²) in [6.07, 6.45) is 5.07. The first kappa shape index (κ1) is 14.5. The maximum atomic E-state index is 5.90. The Morgan fingerprint density at radius 1 is 1.19 bits per heavy atom. The van der Waals surface area contributed by atoms with Gasteiger partial charge in [-0.25, -0.2) is 0 Å². The van der Waals surface area contributed by atoms with Gasteiger partial charge in [0.25, 0.3) is 0 Å². The van der Waals surface area contributed by atoms with Crippen LogP contribution in [0.15, 0.2) is 30.4 Å². The molecule has 0 saturated heterocycles. The highest BCUT2D eigenvalue weighted by Crippen LogP contribution is 2.34. The molecule has 1 heterocycles. The van der Waals surface area contributed by atoms with Crippen molar-refractivity contribution in [2.24, 2.45) is 11.8 Å². The number of fused-ring (bicyclic) bond motifs is 1. The van der Waals surface area contributed by atoms with Crippen molar-refractivity contribution in [2.45, 2.75) is 39.2 Å². The van der Waals surface area contributed by atoms with Crippen LogP contribution in [0.1, 0.15) is 38.2 Å². The van der Waals surface area contributed by atoms with E-state index in [9.17, 15) is 0 Å². The van der Waals surface area contributed by atoms with Crippen molar-refractivity contribution in [3.8, 4) is 11.5 Å². The van der Waals surface area contributed by atoms with Crippen LogP contribution in [0.3, 0.4) is 0 Å². The minimum absolute atomic E-state index is 0.325. The Morgan fingerprint density at radius 2 is 1.95 bits per heavy atom. The van der Waals surface area contributed by atoms with Crippen molar-refractivity contribution >= 4 is 0 Å². The molecule has 3 nitrogen and oxygen atoms in total. The zero-order valence-electron chi connectivity index (χ0n) is 12.8. The second-order valence-corrected chi connectivity index (χ2v) is 6.27. The lowest BCUT2D eigenvalue weighted by molar-refractivity contribution is 0.0693. The van der Waals surface area contributed by atoms with Gasteiger partial charge in [0.15, 0.2) is 11.5 Å². The summed E-state index contributed by atoms with van der Waals surface area (Å²) in [7, 11) is 0. The quantitative estimate of drug-likeness (QED) is 0.755. The van der Waals surface area contributed by atoms with Gasteiger partial charge in [-0.2, -0.15) is 0 Å². The number of ether oxygens (including phenoxy) is 3. The normalized spacial score (nSPS) is 24.0. The van der Waals surface area contributed by atoms with Crippen LogP contribution >= 0.6 is 0 Å². The summed E-state index contributed by atoms with van der Waals surface area (Å²) in [6.45, 7) is 8.07. The molecule has 2 aliphatic rings. The van der Waals surface area contributed by atoms with Gasteiger partial charge in [-0.3, -0.25) is 0 Å². The van der Waals surface area contributed by atoms with E-state index >= 15 is 0 Å². The second-order valence-electron chi connectivity index (χ2n) is 6.27. The minimum atomic E-state index is 0.325. The first-order valence-electron chi connectivity index (χ1n) is 7.84. The van der Waals surface area contributed by atoms with E-state index in [2.05, 4.69) is 13.5 Å². The lowest BCUT2D eigenvalue weighted by Crippen LogP contribution is -2.19. The highest BCUT2D eigenvalue weighted by molar-refractivity contribution is 5.44. The van der Waals surface area contributed by atoms with Crippen molar-refractivity contribution < 1.29 is 14.2 Å². The first-order valence-corrected chi connectivity index (χ1v) is 7.84. The van der Waals surface area contributed by atoms with Crippen molar-refractivity contribution in [3.05, 3.63) is 35.9 Å². The van der Waals surface area contributed by atoms with Gasteiger partial charge in [-0.05, 0) is 62.1 Å². The Kier molecular flexibility index (Phi) is 4.49. The summed E-state index contributed by atoms with van der Waals surface area (Å²) >= 11 is 0. The number of benzene rings is 1. The molecule has 1 aromatic rings. The Balaban J connectivity index is 1.41. The van der Waals surface area contributed by atoms with E-state index in [1.165, 1.54) is 31.3 Å². The van der Waals surface area contributed by atoms with Crippen molar-refractivity contribution in [2.75, 3.05) is 13.4 Å². The predicted molar refractivity (Wildman–Crippen MR) is 82.5 cm³/mol. The van der Waals surface area contributed by atoms with Crippen LogP contribution in [0.2, 0.25) is 0 Å². The smallest absolute Gasteiger partial charge is 0.231 e. The standard InChI is InChI=1S/C18H24O3/c1-13(2)16-6-3-14(4-7-16)10-19-11-15-5-8-17-18(9-15)21-12-20-17/h5,8-9,14,16H,1,3-4,6-7,10-12H2,2H3. The van der Waals surface area contributed by atoms with E-state index in [1.54, 1.807) is 0 Å². The topological polar surface area (TPSA) is 27.7 Å². The fourth-order valence-electron chi connectivity index (χ4n) is 3.20. The van der Waals surface area contributed by atoms with E-state index in [0.29, 0.717) is 19.3 Å². The van der Waals surface area contributed by atoms with Crippen LogP contribution in [0, 0.1) is 11.8 Å². The van der Waals surface area contributed by atoms with Gasteiger partial charge in [0.1, 0.15) is 0 Å². The molecule has 0 bridgehead atoms. The number of allylic oxidation sites excluding steroid dienone is 1. The second kappa shape index (κ2) is 6.52. The van der Waals surface area contributed by atoms with Gasteiger partial charge < -0.3 is 14.2 Å². The molecule has 1 saturated carbocycles. The summed E-state index contributed by atoms with van der Waals surface area (Å²) in [5.74, 6) is 3.10. The molecule has 114 valence electrons. The largest absolute Gasteiger partial charge is 0.454 e. The third-order valence-electron chi connectivity index (χ3n) is 4.60. The third kappa shape index (κ3) is 3.59. The van der Waals surface area contributed by atoms with Gasteiger partial charge in [-0.15, -0.1) is 0 Å².